The number of nitrogens with zero attached hydrogens (tertiary/aromatic N) is 4. The molecule has 1 heterocycles. The lowest BCUT2D eigenvalue weighted by atomic mass is 10.1. The number of hydrogen-bond acceptors (Lipinski definition) is 4. The number of rotatable bonds is 6. The zero-order valence-corrected chi connectivity index (χ0v) is 18.5. The van der Waals surface area contributed by atoms with Crippen LogP contribution in [-0.4, -0.2) is 47.6 Å². The predicted molar refractivity (Wildman–Crippen MR) is 130 cm³/mol. The summed E-state index contributed by atoms with van der Waals surface area (Å²) in [6, 6.07) is 21.6. The van der Waals surface area contributed by atoms with Gasteiger partial charge in [-0.3, -0.25) is 9.91 Å². The summed E-state index contributed by atoms with van der Waals surface area (Å²) in [5, 5.41) is 9.32. The van der Waals surface area contributed by atoms with Gasteiger partial charge in [-0.25, -0.2) is 0 Å². The Bertz CT molecular complexity index is 1040. The summed E-state index contributed by atoms with van der Waals surface area (Å²) in [6.07, 6.45) is 4.53. The first-order valence-corrected chi connectivity index (χ1v) is 10.7. The highest BCUT2D eigenvalue weighted by molar-refractivity contribution is 6.02. The molecule has 1 fully saturated rings. The minimum absolute atomic E-state index is 1.12. The van der Waals surface area contributed by atoms with E-state index in [2.05, 4.69) is 91.6 Å². The summed E-state index contributed by atoms with van der Waals surface area (Å²) in [4.78, 5) is 5.79. The van der Waals surface area contributed by atoms with Gasteiger partial charge in [0.1, 0.15) is 0 Å². The van der Waals surface area contributed by atoms with Crippen LogP contribution in [0.2, 0.25) is 0 Å². The molecule has 0 amide bonds. The lowest BCUT2D eigenvalue weighted by Crippen LogP contribution is -3.03. The van der Waals surface area contributed by atoms with Crippen LogP contribution in [0, 0.1) is 0 Å². The maximum absolute atomic E-state index is 4.79. The van der Waals surface area contributed by atoms with Crippen LogP contribution in [0.25, 0.3) is 10.8 Å². The number of para-hydroxylation sites is 2. The summed E-state index contributed by atoms with van der Waals surface area (Å²) >= 11 is 0. The molecule has 0 radical (unpaired) electrons. The largest absolute Gasteiger partial charge is 0.373 e. The van der Waals surface area contributed by atoms with Crippen LogP contribution in [0.1, 0.15) is 12.8 Å². The van der Waals surface area contributed by atoms with Crippen molar-refractivity contribution in [3.05, 3.63) is 60.7 Å². The molecule has 3 aromatic carbocycles. The second-order valence-corrected chi connectivity index (χ2v) is 8.21. The van der Waals surface area contributed by atoms with Crippen LogP contribution in [0.5, 0.6) is 0 Å². The molecule has 1 saturated heterocycles. The van der Waals surface area contributed by atoms with E-state index in [-0.39, 0.29) is 0 Å². The van der Waals surface area contributed by atoms with Gasteiger partial charge in [-0.1, -0.05) is 36.4 Å². The molecule has 1 aliphatic heterocycles. The number of anilines is 3. The Labute approximate surface area is 179 Å². The minimum Gasteiger partial charge on any atom is -0.373 e. The van der Waals surface area contributed by atoms with E-state index >= 15 is 0 Å². The smallest absolute Gasteiger partial charge is 0.211 e. The molecule has 3 aromatic rings. The Morgan fingerprint density at radius 1 is 0.833 bits per heavy atom. The van der Waals surface area contributed by atoms with E-state index in [1.165, 1.54) is 40.7 Å². The van der Waals surface area contributed by atoms with Crippen molar-refractivity contribution in [2.75, 3.05) is 56.1 Å². The molecule has 1 aliphatic rings. The molecule has 0 aromatic heterocycles. The molecular formula is C25H32N5+. The fraction of sp³-hybridized carbons (Fsp3) is 0.320. The Kier molecular flexibility index (Phi) is 5.91. The van der Waals surface area contributed by atoms with E-state index in [0.717, 1.165) is 23.7 Å². The van der Waals surface area contributed by atoms with Crippen molar-refractivity contribution in [3.8, 4) is 0 Å². The van der Waals surface area contributed by atoms with Crippen LogP contribution < -0.4 is 19.7 Å². The second-order valence-electron chi connectivity index (χ2n) is 8.21. The first-order valence-electron chi connectivity index (χ1n) is 10.7. The minimum atomic E-state index is 1.12. The molecule has 0 bridgehead atoms. The van der Waals surface area contributed by atoms with Crippen LogP contribution >= 0.6 is 0 Å². The van der Waals surface area contributed by atoms with Gasteiger partial charge in [-0.05, 0) is 31.0 Å². The third-order valence-corrected chi connectivity index (χ3v) is 5.91. The highest BCUT2D eigenvalue weighted by Crippen LogP contribution is 2.35. The van der Waals surface area contributed by atoms with Crippen molar-refractivity contribution in [2.45, 2.75) is 12.8 Å². The van der Waals surface area contributed by atoms with Crippen LogP contribution in [0.4, 0.5) is 22.7 Å². The molecule has 30 heavy (non-hydrogen) atoms. The SMILES string of the molecule is CN(C)c1ccccc1[NH+](C)/C=N/N(C)c1ccc(N2CCCC2)c2ccccc12. The third-order valence-electron chi connectivity index (χ3n) is 5.91. The number of benzene rings is 3. The van der Waals surface area contributed by atoms with Crippen molar-refractivity contribution in [3.63, 3.8) is 0 Å². The van der Waals surface area contributed by atoms with Gasteiger partial charge in [0.05, 0.1) is 18.4 Å². The Hall–Kier alpha value is -3.05. The molecule has 156 valence electrons. The summed E-state index contributed by atoms with van der Waals surface area (Å²) in [6.45, 7) is 2.30. The topological polar surface area (TPSA) is 26.5 Å². The zero-order chi connectivity index (χ0) is 21.1. The van der Waals surface area contributed by atoms with E-state index in [1.807, 2.05) is 18.4 Å². The molecule has 0 spiro atoms. The average Bonchev–Trinajstić information content (AvgIpc) is 3.31. The van der Waals surface area contributed by atoms with Gasteiger partial charge in [0.25, 0.3) is 0 Å². The lowest BCUT2D eigenvalue weighted by Gasteiger charge is -2.23. The van der Waals surface area contributed by atoms with Gasteiger partial charge in [-0.15, -0.1) is 5.10 Å². The number of fused-ring (bicyclic) bond motifs is 1. The summed E-state index contributed by atoms with van der Waals surface area (Å²) in [5.74, 6) is 0. The van der Waals surface area contributed by atoms with Gasteiger partial charge in [0, 0.05) is 56.8 Å². The summed E-state index contributed by atoms with van der Waals surface area (Å²) in [5.41, 5.74) is 4.86. The quantitative estimate of drug-likeness (QED) is 0.387. The Morgan fingerprint density at radius 2 is 1.50 bits per heavy atom. The number of hydrazone groups is 1. The summed E-state index contributed by atoms with van der Waals surface area (Å²) in [7, 11) is 8.29. The molecule has 1 atom stereocenters. The maximum atomic E-state index is 4.79. The van der Waals surface area contributed by atoms with Crippen LogP contribution in [0.15, 0.2) is 65.8 Å². The van der Waals surface area contributed by atoms with Crippen molar-refractivity contribution in [1.82, 2.24) is 0 Å². The second kappa shape index (κ2) is 8.76. The van der Waals surface area contributed by atoms with Crippen molar-refractivity contribution in [1.29, 1.82) is 0 Å². The van der Waals surface area contributed by atoms with Gasteiger partial charge < -0.3 is 9.80 Å². The standard InChI is InChI=1S/C25H31N5/c1-27(2)24-13-7-8-14-25(24)28(3)19-26-29(4)22-15-16-23(30-17-9-10-18-30)21-12-6-5-11-20(21)22/h5-8,11-16,19H,9-10,17-18H2,1-4H3/p+1/b26-19+. The maximum Gasteiger partial charge on any atom is 0.211 e. The average molecular weight is 403 g/mol. The number of quaternary nitrogens is 1. The van der Waals surface area contributed by atoms with E-state index in [1.54, 1.807) is 0 Å². The molecule has 0 aliphatic carbocycles. The van der Waals surface area contributed by atoms with E-state index in [0.29, 0.717) is 0 Å². The van der Waals surface area contributed by atoms with Crippen molar-refractivity contribution < 1.29 is 4.90 Å². The van der Waals surface area contributed by atoms with Gasteiger partial charge >= 0.3 is 0 Å². The van der Waals surface area contributed by atoms with Crippen LogP contribution in [-0.2, 0) is 0 Å². The molecular weight excluding hydrogens is 370 g/mol. The molecule has 0 saturated carbocycles. The monoisotopic (exact) mass is 402 g/mol. The number of hydrogen-bond donors (Lipinski definition) is 1. The van der Waals surface area contributed by atoms with E-state index < -0.39 is 0 Å². The Morgan fingerprint density at radius 3 is 2.23 bits per heavy atom. The third kappa shape index (κ3) is 3.98. The molecule has 1 unspecified atom stereocenters. The van der Waals surface area contributed by atoms with E-state index in [9.17, 15) is 0 Å². The predicted octanol–water partition coefficient (Wildman–Crippen LogP) is 3.73. The fourth-order valence-electron chi connectivity index (χ4n) is 4.29. The van der Waals surface area contributed by atoms with Crippen LogP contribution in [0.3, 0.4) is 0 Å². The van der Waals surface area contributed by atoms with Gasteiger partial charge in [0.2, 0.25) is 6.34 Å². The lowest BCUT2D eigenvalue weighted by molar-refractivity contribution is -0.696. The Balaban J connectivity index is 1.62. The van der Waals surface area contributed by atoms with E-state index in [4.69, 9.17) is 5.10 Å². The van der Waals surface area contributed by atoms with Gasteiger partial charge in [0.15, 0.2) is 5.69 Å². The molecule has 1 N–H and O–H groups in total. The number of nitrogens with one attached hydrogen (secondary N) is 1. The molecule has 5 heteroatoms. The van der Waals surface area contributed by atoms with Gasteiger partial charge in [-0.2, -0.15) is 0 Å². The highest BCUT2D eigenvalue weighted by atomic mass is 15.5. The zero-order valence-electron chi connectivity index (χ0n) is 18.5. The normalized spacial score (nSPS) is 15.1. The van der Waals surface area contributed by atoms with Crippen molar-refractivity contribution >= 4 is 39.9 Å². The fourth-order valence-corrected chi connectivity index (χ4v) is 4.29. The molecule has 4 rings (SSSR count). The highest BCUT2D eigenvalue weighted by Gasteiger charge is 2.17. The first-order chi connectivity index (χ1) is 14.6. The van der Waals surface area contributed by atoms with Crippen molar-refractivity contribution in [2.24, 2.45) is 5.10 Å². The summed E-state index contributed by atoms with van der Waals surface area (Å²) < 4.78 is 0. The first kappa shape index (κ1) is 20.2. The molecule has 5 nitrogen and oxygen atoms in total.